The number of carbonyl (C=O) groups is 1. The van der Waals surface area contributed by atoms with Crippen molar-refractivity contribution in [3.8, 4) is 0 Å². The fraction of sp³-hybridized carbons (Fsp3) is 0.691. The zero-order chi connectivity index (χ0) is 46.4. The van der Waals surface area contributed by atoms with Gasteiger partial charge in [0.05, 0.1) is 19.8 Å². The van der Waals surface area contributed by atoms with Gasteiger partial charge in [0, 0.05) is 13.0 Å². The highest BCUT2D eigenvalue weighted by atomic mass is 16.7. The Morgan fingerprint density at radius 1 is 0.516 bits per heavy atom. The van der Waals surface area contributed by atoms with E-state index in [-0.39, 0.29) is 19.2 Å². The third kappa shape index (κ3) is 35.4. The lowest BCUT2D eigenvalue weighted by molar-refractivity contribution is -0.305. The highest BCUT2D eigenvalue weighted by Gasteiger charge is 2.44. The van der Waals surface area contributed by atoms with E-state index in [2.05, 4.69) is 111 Å². The second kappa shape index (κ2) is 45.3. The Labute approximate surface area is 390 Å². The van der Waals surface area contributed by atoms with Crippen molar-refractivity contribution in [2.45, 2.75) is 218 Å². The Hall–Kier alpha value is -2.89. The molecule has 64 heavy (non-hydrogen) atoms. The highest BCUT2D eigenvalue weighted by molar-refractivity contribution is 5.69. The summed E-state index contributed by atoms with van der Waals surface area (Å²) in [6, 6.07) is 0. The first-order chi connectivity index (χ1) is 31.4. The second-order valence-electron chi connectivity index (χ2n) is 16.9. The van der Waals surface area contributed by atoms with Crippen LogP contribution in [0.25, 0.3) is 0 Å². The molecule has 1 aliphatic heterocycles. The maximum absolute atomic E-state index is 12.8. The van der Waals surface area contributed by atoms with Crippen molar-refractivity contribution in [1.29, 1.82) is 0 Å². The molecule has 1 aliphatic rings. The van der Waals surface area contributed by atoms with Gasteiger partial charge in [-0.1, -0.05) is 175 Å². The monoisotopic (exact) mass is 897 g/mol. The number of allylic oxidation sites excluding steroid dienone is 16. The zero-order valence-electron chi connectivity index (χ0n) is 40.2. The molecule has 0 aromatic carbocycles. The van der Waals surface area contributed by atoms with Gasteiger partial charge in [-0.3, -0.25) is 4.79 Å². The number of aliphatic hydroxyl groups is 4. The van der Waals surface area contributed by atoms with Crippen molar-refractivity contribution < 1.29 is 44.2 Å². The molecule has 4 N–H and O–H groups in total. The summed E-state index contributed by atoms with van der Waals surface area (Å²) in [7, 11) is 0. The largest absolute Gasteiger partial charge is 0.457 e. The van der Waals surface area contributed by atoms with Crippen LogP contribution in [0.5, 0.6) is 0 Å². The molecular weight excluding hydrogens is 805 g/mol. The summed E-state index contributed by atoms with van der Waals surface area (Å²) in [5, 5.41) is 40.2. The van der Waals surface area contributed by atoms with Gasteiger partial charge in [0.1, 0.15) is 30.5 Å². The van der Waals surface area contributed by atoms with Gasteiger partial charge >= 0.3 is 5.97 Å². The van der Waals surface area contributed by atoms with Crippen LogP contribution in [0, 0.1) is 0 Å². The molecule has 1 saturated heterocycles. The van der Waals surface area contributed by atoms with Crippen LogP contribution in [0.2, 0.25) is 0 Å². The van der Waals surface area contributed by atoms with Gasteiger partial charge in [-0.25, -0.2) is 0 Å². The molecule has 0 amide bonds. The SMILES string of the molecule is CC/C=C\C/C=C\C/C=C\C/C=C\C/C=C\CCCCCCOCC(COC1OC(CO)C(O)C(O)C1O)OC(=O)CCCCCCCC/C=C\C/C=C\C/C=C\CCCCCCC. The van der Waals surface area contributed by atoms with Crippen molar-refractivity contribution in [2.24, 2.45) is 0 Å². The van der Waals surface area contributed by atoms with E-state index in [0.717, 1.165) is 109 Å². The van der Waals surface area contributed by atoms with Gasteiger partial charge in [-0.15, -0.1) is 0 Å². The number of hydrogen-bond acceptors (Lipinski definition) is 9. The van der Waals surface area contributed by atoms with E-state index in [9.17, 15) is 25.2 Å². The fourth-order valence-corrected chi connectivity index (χ4v) is 7.05. The minimum Gasteiger partial charge on any atom is -0.457 e. The molecule has 366 valence electrons. The molecule has 1 rings (SSSR count). The van der Waals surface area contributed by atoms with Crippen molar-refractivity contribution in [1.82, 2.24) is 0 Å². The molecule has 0 aromatic heterocycles. The standard InChI is InChI=1S/C55H92O9/c1-3-5-7-9-11-13-15-17-19-21-23-25-26-28-30-32-34-36-38-40-42-44-51(57)63-49(48-62-55-54(60)53(59)52(58)50(46-56)64-55)47-61-45-43-41-39-37-35-33-31-29-27-24-22-20-18-16-14-12-10-8-6-4-2/h6,8,12,14-15,17-18,20-21,23-24,26-28,31,33,49-50,52-56,58-60H,3-5,7,9-11,13,16,19,22,25,29-30,32,34-48H2,1-2H3/b8-6-,14-12-,17-15-,20-18-,23-21-,27-24-,28-26-,33-31-. The van der Waals surface area contributed by atoms with Crippen molar-refractivity contribution in [3.63, 3.8) is 0 Å². The number of ether oxygens (including phenoxy) is 4. The minimum atomic E-state index is -1.55. The number of rotatable bonds is 42. The molecular formula is C55H92O9. The van der Waals surface area contributed by atoms with E-state index in [4.69, 9.17) is 18.9 Å². The predicted molar refractivity (Wildman–Crippen MR) is 265 cm³/mol. The minimum absolute atomic E-state index is 0.116. The van der Waals surface area contributed by atoms with Crippen LogP contribution in [0.3, 0.4) is 0 Å². The molecule has 0 saturated carbocycles. The van der Waals surface area contributed by atoms with E-state index in [1.165, 1.54) is 51.4 Å². The van der Waals surface area contributed by atoms with E-state index >= 15 is 0 Å². The van der Waals surface area contributed by atoms with Crippen molar-refractivity contribution in [3.05, 3.63) is 97.2 Å². The molecule has 1 heterocycles. The molecule has 6 unspecified atom stereocenters. The summed E-state index contributed by atoms with van der Waals surface area (Å²) >= 11 is 0. The lowest BCUT2D eigenvalue weighted by Crippen LogP contribution is -2.59. The Kier molecular flexibility index (Phi) is 41.8. The molecule has 0 spiro atoms. The van der Waals surface area contributed by atoms with Gasteiger partial charge in [0.15, 0.2) is 6.29 Å². The van der Waals surface area contributed by atoms with E-state index in [1.54, 1.807) is 0 Å². The van der Waals surface area contributed by atoms with Crippen LogP contribution in [-0.2, 0) is 23.7 Å². The summed E-state index contributed by atoms with van der Waals surface area (Å²) in [6.07, 6.45) is 55.7. The van der Waals surface area contributed by atoms with Gasteiger partial charge in [0.25, 0.3) is 0 Å². The maximum Gasteiger partial charge on any atom is 0.306 e. The van der Waals surface area contributed by atoms with Gasteiger partial charge < -0.3 is 39.4 Å². The predicted octanol–water partition coefficient (Wildman–Crippen LogP) is 12.4. The van der Waals surface area contributed by atoms with Crippen LogP contribution < -0.4 is 0 Å². The number of carbonyl (C=O) groups excluding carboxylic acids is 1. The lowest BCUT2D eigenvalue weighted by Gasteiger charge is -2.39. The fourth-order valence-electron chi connectivity index (χ4n) is 7.05. The quantitative estimate of drug-likeness (QED) is 0.0268. The topological polar surface area (TPSA) is 135 Å². The smallest absolute Gasteiger partial charge is 0.306 e. The van der Waals surface area contributed by atoms with Crippen LogP contribution in [0.1, 0.15) is 181 Å². The Morgan fingerprint density at radius 2 is 0.953 bits per heavy atom. The normalized spacial score (nSPS) is 20.4. The van der Waals surface area contributed by atoms with Crippen LogP contribution in [0.15, 0.2) is 97.2 Å². The molecule has 0 radical (unpaired) electrons. The highest BCUT2D eigenvalue weighted by Crippen LogP contribution is 2.22. The van der Waals surface area contributed by atoms with Crippen molar-refractivity contribution in [2.75, 3.05) is 26.4 Å². The molecule has 1 fully saturated rings. The number of aliphatic hydroxyl groups excluding tert-OH is 4. The summed E-state index contributed by atoms with van der Waals surface area (Å²) in [6.45, 7) is 4.34. The summed E-state index contributed by atoms with van der Waals surface area (Å²) in [4.78, 5) is 12.8. The zero-order valence-corrected chi connectivity index (χ0v) is 40.2. The lowest BCUT2D eigenvalue weighted by atomic mass is 9.99. The maximum atomic E-state index is 12.8. The number of esters is 1. The van der Waals surface area contributed by atoms with E-state index < -0.39 is 43.4 Å². The van der Waals surface area contributed by atoms with E-state index in [1.807, 2.05) is 0 Å². The van der Waals surface area contributed by atoms with Crippen LogP contribution in [-0.4, -0.2) is 89.6 Å². The number of hydrogen-bond donors (Lipinski definition) is 4. The van der Waals surface area contributed by atoms with E-state index in [0.29, 0.717) is 13.0 Å². The molecule has 0 aromatic rings. The first kappa shape index (κ1) is 59.1. The molecule has 6 atom stereocenters. The Morgan fingerprint density at radius 3 is 1.44 bits per heavy atom. The van der Waals surface area contributed by atoms with Gasteiger partial charge in [-0.05, 0) is 96.3 Å². The number of unbranched alkanes of at least 4 members (excludes halogenated alkanes) is 15. The average molecular weight is 897 g/mol. The van der Waals surface area contributed by atoms with Crippen LogP contribution in [0.4, 0.5) is 0 Å². The molecule has 0 bridgehead atoms. The Bertz CT molecular complexity index is 1300. The summed E-state index contributed by atoms with van der Waals surface area (Å²) in [5.74, 6) is -0.339. The van der Waals surface area contributed by atoms with Gasteiger partial charge in [0.2, 0.25) is 0 Å². The molecule has 9 heteroatoms. The van der Waals surface area contributed by atoms with Crippen LogP contribution >= 0.6 is 0 Å². The Balaban J connectivity index is 2.27. The average Bonchev–Trinajstić information content (AvgIpc) is 3.30. The molecule has 9 nitrogen and oxygen atoms in total. The van der Waals surface area contributed by atoms with Crippen molar-refractivity contribution >= 4 is 5.97 Å². The summed E-state index contributed by atoms with van der Waals surface area (Å²) in [5.41, 5.74) is 0. The van der Waals surface area contributed by atoms with Gasteiger partial charge in [-0.2, -0.15) is 0 Å². The summed E-state index contributed by atoms with van der Waals surface area (Å²) < 4.78 is 22.8. The first-order valence-corrected chi connectivity index (χ1v) is 25.3. The third-order valence-corrected chi connectivity index (χ3v) is 11.0. The first-order valence-electron chi connectivity index (χ1n) is 25.3. The molecule has 0 aliphatic carbocycles. The second-order valence-corrected chi connectivity index (χ2v) is 16.9. The third-order valence-electron chi connectivity index (χ3n) is 11.0.